The van der Waals surface area contributed by atoms with Crippen LogP contribution in [0, 0.1) is 0 Å². The molecule has 6 heteroatoms. The molecule has 0 bridgehead atoms. The molecule has 4 aromatic rings. The highest BCUT2D eigenvalue weighted by atomic mass is 16.6. The molecule has 0 aliphatic rings. The van der Waals surface area contributed by atoms with Gasteiger partial charge in [-0.1, -0.05) is 103 Å². The minimum absolute atomic E-state index is 0.0288. The van der Waals surface area contributed by atoms with Gasteiger partial charge in [-0.15, -0.1) is 0 Å². The Balaban J connectivity index is 1.58. The van der Waals surface area contributed by atoms with Gasteiger partial charge in [0.15, 0.2) is 0 Å². The van der Waals surface area contributed by atoms with Gasteiger partial charge < -0.3 is 15.3 Å². The van der Waals surface area contributed by atoms with Crippen LogP contribution in [-0.2, 0) is 33.8 Å². The smallest absolute Gasteiger partial charge is 0.417 e. The maximum atomic E-state index is 13.6. The van der Waals surface area contributed by atoms with Gasteiger partial charge in [0.05, 0.1) is 6.04 Å². The zero-order valence-electron chi connectivity index (χ0n) is 19.8. The van der Waals surface area contributed by atoms with E-state index >= 15 is 0 Å². The highest BCUT2D eigenvalue weighted by Gasteiger charge is 2.34. The van der Waals surface area contributed by atoms with Gasteiger partial charge in [0.2, 0.25) is 5.91 Å². The third-order valence-electron chi connectivity index (χ3n) is 6.05. The number of hydrogen-bond acceptors (Lipinski definition) is 5. The SMILES string of the molecule is NC(Cc1cccc2ccccc12)C(=O)N(C(=O)OCc1ccccc1)C(C=O)Cc1ccccc1. The summed E-state index contributed by atoms with van der Waals surface area (Å²) in [4.78, 5) is 39.8. The van der Waals surface area contributed by atoms with Crippen molar-refractivity contribution >= 4 is 29.1 Å². The van der Waals surface area contributed by atoms with E-state index in [1.165, 1.54) is 0 Å². The van der Waals surface area contributed by atoms with Crippen molar-refractivity contribution in [1.82, 2.24) is 4.90 Å². The van der Waals surface area contributed by atoms with E-state index in [4.69, 9.17) is 10.5 Å². The monoisotopic (exact) mass is 480 g/mol. The Labute approximate surface area is 210 Å². The molecule has 0 aromatic heterocycles. The molecule has 0 fully saturated rings. The summed E-state index contributed by atoms with van der Waals surface area (Å²) in [7, 11) is 0. The quantitative estimate of drug-likeness (QED) is 0.351. The molecule has 2 N–H and O–H groups in total. The van der Waals surface area contributed by atoms with Gasteiger partial charge in [-0.2, -0.15) is 0 Å². The second-order valence-corrected chi connectivity index (χ2v) is 8.59. The fourth-order valence-corrected chi connectivity index (χ4v) is 4.21. The summed E-state index contributed by atoms with van der Waals surface area (Å²) in [5.41, 5.74) is 8.82. The van der Waals surface area contributed by atoms with E-state index in [0.29, 0.717) is 6.29 Å². The van der Waals surface area contributed by atoms with E-state index in [9.17, 15) is 14.4 Å². The summed E-state index contributed by atoms with van der Waals surface area (Å²) in [5.74, 6) is -0.658. The number of fused-ring (bicyclic) bond motifs is 1. The number of aldehydes is 1. The lowest BCUT2D eigenvalue weighted by molar-refractivity contribution is -0.135. The summed E-state index contributed by atoms with van der Waals surface area (Å²) in [6.45, 7) is -0.0288. The maximum Gasteiger partial charge on any atom is 0.417 e. The molecule has 4 aromatic carbocycles. The summed E-state index contributed by atoms with van der Waals surface area (Å²) in [5, 5.41) is 2.02. The number of benzene rings is 4. The molecule has 2 atom stereocenters. The van der Waals surface area contributed by atoms with Crippen molar-refractivity contribution in [3.05, 3.63) is 120 Å². The number of amides is 2. The topological polar surface area (TPSA) is 89.7 Å². The Kier molecular flexibility index (Phi) is 8.21. The highest BCUT2D eigenvalue weighted by Crippen LogP contribution is 2.21. The molecular weight excluding hydrogens is 452 g/mol. The normalized spacial score (nSPS) is 12.5. The summed E-state index contributed by atoms with van der Waals surface area (Å²) in [6.07, 6.45) is 0.0707. The van der Waals surface area contributed by atoms with Crippen LogP contribution in [-0.4, -0.2) is 35.3 Å². The summed E-state index contributed by atoms with van der Waals surface area (Å²) in [6, 6.07) is 29.9. The molecule has 2 unspecified atom stereocenters. The molecule has 0 spiro atoms. The molecule has 0 aliphatic heterocycles. The Hall–Kier alpha value is -4.29. The highest BCUT2D eigenvalue weighted by molar-refractivity contribution is 5.98. The Morgan fingerprint density at radius 3 is 2.08 bits per heavy atom. The summed E-state index contributed by atoms with van der Waals surface area (Å²) < 4.78 is 5.45. The largest absolute Gasteiger partial charge is 0.444 e. The minimum atomic E-state index is -1.05. The predicted octanol–water partition coefficient (Wildman–Crippen LogP) is 4.69. The maximum absolute atomic E-state index is 13.6. The molecular formula is C30H28N2O4. The molecule has 182 valence electrons. The molecule has 6 nitrogen and oxygen atoms in total. The lowest BCUT2D eigenvalue weighted by atomic mass is 9.98. The number of ether oxygens (including phenoxy) is 1. The molecule has 0 aliphatic carbocycles. The van der Waals surface area contributed by atoms with E-state index in [1.807, 2.05) is 103 Å². The lowest BCUT2D eigenvalue weighted by Crippen LogP contribution is -2.53. The van der Waals surface area contributed by atoms with Gasteiger partial charge in [-0.05, 0) is 33.9 Å². The van der Waals surface area contributed by atoms with Crippen molar-refractivity contribution < 1.29 is 19.1 Å². The molecule has 36 heavy (non-hydrogen) atoms. The van der Waals surface area contributed by atoms with Crippen LogP contribution in [0.2, 0.25) is 0 Å². The first-order valence-electron chi connectivity index (χ1n) is 11.8. The van der Waals surface area contributed by atoms with Crippen molar-refractivity contribution in [3.63, 3.8) is 0 Å². The molecule has 0 saturated heterocycles. The van der Waals surface area contributed by atoms with Crippen molar-refractivity contribution in [2.24, 2.45) is 5.73 Å². The van der Waals surface area contributed by atoms with Crippen molar-refractivity contribution in [2.75, 3.05) is 0 Å². The van der Waals surface area contributed by atoms with E-state index < -0.39 is 24.1 Å². The van der Waals surface area contributed by atoms with Gasteiger partial charge in [-0.3, -0.25) is 4.79 Å². The van der Waals surface area contributed by atoms with E-state index in [1.54, 1.807) is 0 Å². The third kappa shape index (κ3) is 6.03. The van der Waals surface area contributed by atoms with Crippen LogP contribution in [0.4, 0.5) is 4.79 Å². The van der Waals surface area contributed by atoms with Crippen LogP contribution in [0.15, 0.2) is 103 Å². The standard InChI is InChI=1S/C30H28N2O4/c31-28(19-25-16-9-15-24-14-7-8-17-27(24)25)29(34)32(26(20-33)18-22-10-3-1-4-11-22)30(35)36-21-23-12-5-2-6-13-23/h1-17,20,26,28H,18-19,21,31H2. The molecule has 0 heterocycles. The first-order chi connectivity index (χ1) is 17.6. The van der Waals surface area contributed by atoms with Crippen molar-refractivity contribution in [3.8, 4) is 0 Å². The van der Waals surface area contributed by atoms with Gasteiger partial charge >= 0.3 is 6.09 Å². The van der Waals surface area contributed by atoms with Crippen molar-refractivity contribution in [2.45, 2.75) is 31.5 Å². The van der Waals surface area contributed by atoms with Crippen molar-refractivity contribution in [1.29, 1.82) is 0 Å². The number of nitrogens with two attached hydrogens (primary N) is 1. The minimum Gasteiger partial charge on any atom is -0.444 e. The fourth-order valence-electron chi connectivity index (χ4n) is 4.21. The number of carbonyl (C=O) groups excluding carboxylic acids is 3. The predicted molar refractivity (Wildman–Crippen MR) is 139 cm³/mol. The first kappa shape index (κ1) is 24.8. The number of carbonyl (C=O) groups is 3. The fraction of sp³-hybridized carbons (Fsp3) is 0.167. The average molecular weight is 481 g/mol. The van der Waals surface area contributed by atoms with E-state index in [-0.39, 0.29) is 19.4 Å². The molecule has 4 rings (SSSR count). The zero-order chi connectivity index (χ0) is 25.3. The van der Waals surface area contributed by atoms with Crippen LogP contribution in [0.3, 0.4) is 0 Å². The Morgan fingerprint density at radius 1 is 0.778 bits per heavy atom. The molecule has 0 radical (unpaired) electrons. The van der Waals surface area contributed by atoms with E-state index in [2.05, 4.69) is 0 Å². The van der Waals surface area contributed by atoms with Gasteiger partial charge in [0.25, 0.3) is 0 Å². The summed E-state index contributed by atoms with van der Waals surface area (Å²) >= 11 is 0. The number of imide groups is 1. The average Bonchev–Trinajstić information content (AvgIpc) is 2.92. The second kappa shape index (κ2) is 11.9. The number of rotatable bonds is 9. The zero-order valence-corrected chi connectivity index (χ0v) is 19.8. The Bertz CT molecular complexity index is 1320. The Morgan fingerprint density at radius 2 is 1.39 bits per heavy atom. The first-order valence-corrected chi connectivity index (χ1v) is 11.8. The van der Waals surface area contributed by atoms with Crippen LogP contribution < -0.4 is 5.73 Å². The second-order valence-electron chi connectivity index (χ2n) is 8.59. The molecule has 0 saturated carbocycles. The van der Waals surface area contributed by atoms with Gasteiger partial charge in [0, 0.05) is 6.42 Å². The lowest BCUT2D eigenvalue weighted by Gasteiger charge is -2.28. The van der Waals surface area contributed by atoms with E-state index in [0.717, 1.165) is 32.4 Å². The van der Waals surface area contributed by atoms with Gasteiger partial charge in [-0.25, -0.2) is 9.69 Å². The van der Waals surface area contributed by atoms with Crippen LogP contribution in [0.25, 0.3) is 10.8 Å². The number of nitrogens with zero attached hydrogens (tertiary/aromatic N) is 1. The van der Waals surface area contributed by atoms with Crippen LogP contribution in [0.5, 0.6) is 0 Å². The van der Waals surface area contributed by atoms with Gasteiger partial charge in [0.1, 0.15) is 18.9 Å². The molecule has 2 amide bonds. The van der Waals surface area contributed by atoms with Crippen LogP contribution in [0.1, 0.15) is 16.7 Å². The van der Waals surface area contributed by atoms with Crippen LogP contribution >= 0.6 is 0 Å². The third-order valence-corrected chi connectivity index (χ3v) is 6.05. The number of hydrogen-bond donors (Lipinski definition) is 1.